The summed E-state index contributed by atoms with van der Waals surface area (Å²) in [6, 6.07) is 10.4. The van der Waals surface area contributed by atoms with E-state index in [1.807, 2.05) is 24.3 Å². The van der Waals surface area contributed by atoms with Crippen LogP contribution in [0.1, 0.15) is 25.7 Å². The first-order valence-electron chi connectivity index (χ1n) is 11.2. The molecule has 0 atom stereocenters. The van der Waals surface area contributed by atoms with Gasteiger partial charge in [-0.15, -0.1) is 4.91 Å². The fourth-order valence-electron chi connectivity index (χ4n) is 4.48. The van der Waals surface area contributed by atoms with E-state index in [-0.39, 0.29) is 18.1 Å². The molecule has 2 aliphatic rings. The number of carbonyl (C=O) groups is 2. The number of ether oxygens (including phenoxy) is 1. The van der Waals surface area contributed by atoms with Crippen molar-refractivity contribution in [3.05, 3.63) is 40.3 Å². The third-order valence-corrected chi connectivity index (χ3v) is 6.81. The third-order valence-electron chi connectivity index (χ3n) is 6.52. The van der Waals surface area contributed by atoms with Crippen molar-refractivity contribution in [2.45, 2.75) is 37.8 Å². The van der Waals surface area contributed by atoms with E-state index in [9.17, 15) is 14.5 Å². The Hall–Kier alpha value is -3.53. The zero-order valence-electron chi connectivity index (χ0n) is 18.2. The number of halogens is 1. The summed E-state index contributed by atoms with van der Waals surface area (Å²) in [6.07, 6.45) is 3.30. The van der Waals surface area contributed by atoms with Gasteiger partial charge in [0.25, 0.3) is 11.9 Å². The summed E-state index contributed by atoms with van der Waals surface area (Å²) < 4.78 is 5.78. The molecule has 1 saturated heterocycles. The number of benzene rings is 1. The fraction of sp³-hybridized carbons (Fsp3) is 0.391. The minimum Gasteiger partial charge on any atom is -0.461 e. The monoisotopic (exact) mass is 482 g/mol. The second-order valence-electron chi connectivity index (χ2n) is 8.66. The number of nitrogens with one attached hydrogen (secondary N) is 2. The van der Waals surface area contributed by atoms with Crippen LogP contribution in [0.2, 0.25) is 5.02 Å². The molecule has 2 fully saturated rings. The van der Waals surface area contributed by atoms with Gasteiger partial charge >= 0.3 is 0 Å². The highest BCUT2D eigenvalue weighted by Gasteiger charge is 2.37. The summed E-state index contributed by atoms with van der Waals surface area (Å²) in [5, 5.41) is 5.81. The normalized spacial score (nSPS) is 20.6. The van der Waals surface area contributed by atoms with Gasteiger partial charge in [-0.05, 0) is 43.9 Å². The quantitative estimate of drug-likeness (QED) is 0.389. The largest absolute Gasteiger partial charge is 0.461 e. The van der Waals surface area contributed by atoms with Crippen LogP contribution in [0, 0.1) is 10.8 Å². The summed E-state index contributed by atoms with van der Waals surface area (Å²) in [6.45, 7) is 1.76. The minimum absolute atomic E-state index is 0.196. The summed E-state index contributed by atoms with van der Waals surface area (Å²) in [5.41, 5.74) is 3.74. The summed E-state index contributed by atoms with van der Waals surface area (Å²) in [4.78, 5) is 46.7. The van der Waals surface area contributed by atoms with Crippen molar-refractivity contribution >= 4 is 40.8 Å². The molecule has 11 heteroatoms. The second kappa shape index (κ2) is 9.38. The maximum absolute atomic E-state index is 11.3. The van der Waals surface area contributed by atoms with Gasteiger partial charge in [0, 0.05) is 35.6 Å². The Labute approximate surface area is 200 Å². The average molecular weight is 483 g/mol. The molecule has 176 valence electrons. The molecule has 1 aromatic carbocycles. The number of rotatable bonds is 7. The number of nitroso groups, excluding NO2 is 1. The number of hydrogen-bond donors (Lipinski definition) is 2. The van der Waals surface area contributed by atoms with Gasteiger partial charge in [0.1, 0.15) is 6.10 Å². The number of imidazole rings is 1. The van der Waals surface area contributed by atoms with Crippen molar-refractivity contribution in [3.8, 4) is 17.3 Å². The average Bonchev–Trinajstić information content (AvgIpc) is 3.22. The number of carbonyl (C=O) groups excluding carboxylic acids is 2. The van der Waals surface area contributed by atoms with E-state index < -0.39 is 5.91 Å². The Balaban J connectivity index is 1.27. The third kappa shape index (κ3) is 4.45. The Bertz CT molecular complexity index is 1220. The Morgan fingerprint density at radius 2 is 1.94 bits per heavy atom. The van der Waals surface area contributed by atoms with Gasteiger partial charge in [-0.3, -0.25) is 9.59 Å². The number of hydrogen-bond acceptors (Lipinski definition) is 7. The molecule has 0 unspecified atom stereocenters. The highest BCUT2D eigenvalue weighted by atomic mass is 35.5. The van der Waals surface area contributed by atoms with Crippen LogP contribution in [0.15, 0.2) is 35.5 Å². The summed E-state index contributed by atoms with van der Waals surface area (Å²) in [7, 11) is 0. The first-order valence-corrected chi connectivity index (χ1v) is 11.6. The van der Waals surface area contributed by atoms with Crippen LogP contribution in [0.25, 0.3) is 22.4 Å². The van der Waals surface area contributed by atoms with E-state index in [1.165, 1.54) is 0 Å². The molecule has 0 spiro atoms. The lowest BCUT2D eigenvalue weighted by Crippen LogP contribution is -2.42. The Morgan fingerprint density at radius 1 is 1.21 bits per heavy atom. The lowest BCUT2D eigenvalue weighted by molar-refractivity contribution is -0.127. The second-order valence-corrected chi connectivity index (χ2v) is 9.07. The van der Waals surface area contributed by atoms with Crippen molar-refractivity contribution in [1.29, 1.82) is 0 Å². The molecule has 34 heavy (non-hydrogen) atoms. The SMILES string of the molecule is O=CNC1CCN(c2ccc(-c3nc4nc(O[C@H]5C[C@@H](C(=O)N=O)C5)[nH]c4cc3Cl)cc2)CC1. The maximum atomic E-state index is 11.3. The number of amides is 2. The molecule has 5 rings (SSSR count). The molecule has 0 radical (unpaired) electrons. The number of aromatic nitrogens is 3. The predicted octanol–water partition coefficient (Wildman–Crippen LogP) is 3.44. The number of piperidine rings is 1. The lowest BCUT2D eigenvalue weighted by atomic mass is 9.82. The molecular formula is C23H23ClN6O4. The van der Waals surface area contributed by atoms with Crippen LogP contribution in [0.5, 0.6) is 6.01 Å². The van der Waals surface area contributed by atoms with Gasteiger partial charge in [-0.25, -0.2) is 4.98 Å². The zero-order chi connectivity index (χ0) is 23.7. The molecule has 2 aromatic heterocycles. The highest BCUT2D eigenvalue weighted by molar-refractivity contribution is 6.33. The smallest absolute Gasteiger partial charge is 0.296 e. The fourth-order valence-corrected chi connectivity index (χ4v) is 4.74. The van der Waals surface area contributed by atoms with Gasteiger partial charge < -0.3 is 19.9 Å². The first-order chi connectivity index (χ1) is 16.5. The van der Waals surface area contributed by atoms with Crippen LogP contribution in [0.3, 0.4) is 0 Å². The molecule has 3 heterocycles. The number of pyridine rings is 1. The summed E-state index contributed by atoms with van der Waals surface area (Å²) >= 11 is 6.52. The zero-order valence-corrected chi connectivity index (χ0v) is 19.0. The van der Waals surface area contributed by atoms with Gasteiger partial charge in [0.15, 0.2) is 5.65 Å². The van der Waals surface area contributed by atoms with Gasteiger partial charge in [-0.1, -0.05) is 23.7 Å². The topological polar surface area (TPSA) is 130 Å². The van der Waals surface area contributed by atoms with E-state index in [4.69, 9.17) is 16.3 Å². The molecule has 1 aliphatic carbocycles. The van der Waals surface area contributed by atoms with Crippen LogP contribution in [-0.2, 0) is 9.59 Å². The van der Waals surface area contributed by atoms with Crippen molar-refractivity contribution in [1.82, 2.24) is 20.3 Å². The number of fused-ring (bicyclic) bond motifs is 1. The molecule has 1 saturated carbocycles. The maximum Gasteiger partial charge on any atom is 0.296 e. The molecule has 3 aromatic rings. The van der Waals surface area contributed by atoms with Gasteiger partial charge in [0.05, 0.1) is 22.2 Å². The van der Waals surface area contributed by atoms with Crippen molar-refractivity contribution in [2.75, 3.05) is 18.0 Å². The summed E-state index contributed by atoms with van der Waals surface area (Å²) in [5.74, 6) is -0.999. The van der Waals surface area contributed by atoms with E-state index in [2.05, 4.69) is 30.3 Å². The molecule has 1 aliphatic heterocycles. The van der Waals surface area contributed by atoms with E-state index >= 15 is 0 Å². The van der Waals surface area contributed by atoms with Crippen molar-refractivity contribution in [2.24, 2.45) is 11.1 Å². The van der Waals surface area contributed by atoms with E-state index in [0.717, 1.165) is 43.6 Å². The van der Waals surface area contributed by atoms with Crippen LogP contribution in [-0.4, -0.2) is 52.5 Å². The number of aromatic amines is 1. The molecule has 0 bridgehead atoms. The van der Waals surface area contributed by atoms with Crippen molar-refractivity contribution in [3.63, 3.8) is 0 Å². The first kappa shape index (κ1) is 22.3. The standard InChI is InChI=1S/C23H23ClN6O4/c24-18-11-19-21(28-23(26-19)34-17-9-14(10-17)22(32)29-33)27-20(18)13-1-3-16(4-2-13)30-7-5-15(6-8-30)25-12-31/h1-4,11-12,14-15,17H,5-10H2,(H,25,31)(H,26,27,28)/t14-,17+. The minimum atomic E-state index is -0.632. The Kier molecular flexibility index (Phi) is 6.14. The van der Waals surface area contributed by atoms with Crippen LogP contribution < -0.4 is 15.0 Å². The van der Waals surface area contributed by atoms with Crippen LogP contribution >= 0.6 is 11.6 Å². The van der Waals surface area contributed by atoms with E-state index in [1.54, 1.807) is 6.07 Å². The molecule has 2 amide bonds. The van der Waals surface area contributed by atoms with Crippen LogP contribution in [0.4, 0.5) is 5.69 Å². The Morgan fingerprint density at radius 3 is 2.62 bits per heavy atom. The van der Waals surface area contributed by atoms with Crippen molar-refractivity contribution < 1.29 is 14.3 Å². The number of anilines is 1. The molecule has 10 nitrogen and oxygen atoms in total. The predicted molar refractivity (Wildman–Crippen MR) is 127 cm³/mol. The molecular weight excluding hydrogens is 460 g/mol. The van der Waals surface area contributed by atoms with E-state index in [0.29, 0.717) is 40.7 Å². The van der Waals surface area contributed by atoms with Gasteiger partial charge in [-0.2, -0.15) is 4.98 Å². The highest BCUT2D eigenvalue weighted by Crippen LogP contribution is 2.34. The molecule has 2 N–H and O–H groups in total. The number of H-pyrrole nitrogens is 1. The van der Waals surface area contributed by atoms with Gasteiger partial charge in [0.2, 0.25) is 6.41 Å². The lowest BCUT2D eigenvalue weighted by Gasteiger charge is -2.33. The number of nitrogens with zero attached hydrogens (tertiary/aromatic N) is 4.